The van der Waals surface area contributed by atoms with E-state index in [1.807, 2.05) is 38.1 Å². The Labute approximate surface area is 116 Å². The van der Waals surface area contributed by atoms with Gasteiger partial charge in [0.05, 0.1) is 5.56 Å². The monoisotopic (exact) mass is 279 g/mol. The van der Waals surface area contributed by atoms with E-state index >= 15 is 0 Å². The molecule has 1 nitrogen and oxygen atoms in total. The van der Waals surface area contributed by atoms with Gasteiger partial charge in [-0.25, -0.2) is 0 Å². The predicted octanol–water partition coefficient (Wildman–Crippen LogP) is 5.19. The number of hydrogen-bond donors (Lipinski definition) is 1. The van der Waals surface area contributed by atoms with E-state index < -0.39 is 11.7 Å². The molecule has 1 N–H and O–H groups in total. The van der Waals surface area contributed by atoms with Crippen molar-refractivity contribution in [2.24, 2.45) is 0 Å². The lowest BCUT2D eigenvalue weighted by molar-refractivity contribution is -0.137. The molecule has 0 radical (unpaired) electrons. The molecule has 0 saturated carbocycles. The first-order chi connectivity index (χ1) is 9.36. The fraction of sp³-hybridized carbons (Fsp3) is 0.250. The average molecular weight is 279 g/mol. The quantitative estimate of drug-likeness (QED) is 0.815. The molecule has 20 heavy (non-hydrogen) atoms. The summed E-state index contributed by atoms with van der Waals surface area (Å²) < 4.78 is 38.0. The maximum absolute atomic E-state index is 12.7. The van der Waals surface area contributed by atoms with Crippen LogP contribution in [0.15, 0.2) is 48.5 Å². The number of benzene rings is 2. The van der Waals surface area contributed by atoms with E-state index in [9.17, 15) is 13.2 Å². The summed E-state index contributed by atoms with van der Waals surface area (Å²) in [7, 11) is 0. The average Bonchev–Trinajstić information content (AvgIpc) is 2.40. The standard InChI is InChI=1S/C16H16F3N/c1-11-6-8-15(9-7-11)20-12(2)13-4-3-5-14(10-13)16(17,18)19/h3-10,12,20H,1-2H3. The number of aryl methyl sites for hydroxylation is 1. The van der Waals surface area contributed by atoms with Gasteiger partial charge in [0.2, 0.25) is 0 Å². The Bertz CT molecular complexity index is 573. The largest absolute Gasteiger partial charge is 0.416 e. The molecule has 0 aromatic heterocycles. The Morgan fingerprint density at radius 3 is 2.25 bits per heavy atom. The van der Waals surface area contributed by atoms with Gasteiger partial charge in [-0.2, -0.15) is 13.2 Å². The highest BCUT2D eigenvalue weighted by Gasteiger charge is 2.30. The van der Waals surface area contributed by atoms with Gasteiger partial charge in [0.25, 0.3) is 0 Å². The molecule has 2 aromatic carbocycles. The lowest BCUT2D eigenvalue weighted by Crippen LogP contribution is -2.10. The molecule has 2 rings (SSSR count). The van der Waals surface area contributed by atoms with Gasteiger partial charge in [-0.15, -0.1) is 0 Å². The van der Waals surface area contributed by atoms with Crippen LogP contribution < -0.4 is 5.32 Å². The summed E-state index contributed by atoms with van der Waals surface area (Å²) in [6.07, 6.45) is -4.31. The lowest BCUT2D eigenvalue weighted by Gasteiger charge is -2.17. The van der Waals surface area contributed by atoms with E-state index in [2.05, 4.69) is 5.32 Å². The van der Waals surface area contributed by atoms with Crippen LogP contribution in [0.1, 0.15) is 29.7 Å². The zero-order valence-corrected chi connectivity index (χ0v) is 11.3. The molecule has 0 amide bonds. The van der Waals surface area contributed by atoms with E-state index in [1.165, 1.54) is 12.1 Å². The SMILES string of the molecule is Cc1ccc(NC(C)c2cccc(C(F)(F)F)c2)cc1. The number of alkyl halides is 3. The van der Waals surface area contributed by atoms with E-state index in [0.29, 0.717) is 5.56 Å². The molecule has 1 unspecified atom stereocenters. The summed E-state index contributed by atoms with van der Waals surface area (Å²) in [5.41, 5.74) is 2.02. The predicted molar refractivity (Wildman–Crippen MR) is 74.7 cm³/mol. The van der Waals surface area contributed by atoms with Gasteiger partial charge >= 0.3 is 6.18 Å². The van der Waals surface area contributed by atoms with Gasteiger partial charge in [0.15, 0.2) is 0 Å². The van der Waals surface area contributed by atoms with E-state index in [1.54, 1.807) is 6.07 Å². The molecule has 0 saturated heterocycles. The Morgan fingerprint density at radius 1 is 1.00 bits per heavy atom. The van der Waals surface area contributed by atoms with Gasteiger partial charge in [-0.3, -0.25) is 0 Å². The van der Waals surface area contributed by atoms with Crippen LogP contribution in [0.2, 0.25) is 0 Å². The van der Waals surface area contributed by atoms with Crippen molar-refractivity contribution in [3.8, 4) is 0 Å². The third-order valence-corrected chi connectivity index (χ3v) is 3.15. The Balaban J connectivity index is 2.17. The highest BCUT2D eigenvalue weighted by Crippen LogP contribution is 2.31. The van der Waals surface area contributed by atoms with Gasteiger partial charge in [-0.1, -0.05) is 29.8 Å². The van der Waals surface area contributed by atoms with Crippen LogP contribution in [0.5, 0.6) is 0 Å². The topological polar surface area (TPSA) is 12.0 Å². The summed E-state index contributed by atoms with van der Waals surface area (Å²) >= 11 is 0. The molecule has 0 aliphatic carbocycles. The maximum atomic E-state index is 12.7. The van der Waals surface area contributed by atoms with Crippen LogP contribution >= 0.6 is 0 Å². The first kappa shape index (κ1) is 14.4. The van der Waals surface area contributed by atoms with Crippen LogP contribution in [-0.2, 0) is 6.18 Å². The molecule has 0 bridgehead atoms. The molecule has 106 valence electrons. The number of hydrogen-bond acceptors (Lipinski definition) is 1. The second-order valence-corrected chi connectivity index (χ2v) is 4.86. The number of nitrogens with one attached hydrogen (secondary N) is 1. The van der Waals surface area contributed by atoms with Crippen molar-refractivity contribution in [1.82, 2.24) is 0 Å². The van der Waals surface area contributed by atoms with Gasteiger partial charge in [0.1, 0.15) is 0 Å². The molecule has 2 aromatic rings. The van der Waals surface area contributed by atoms with Crippen molar-refractivity contribution >= 4 is 5.69 Å². The molecular weight excluding hydrogens is 263 g/mol. The van der Waals surface area contributed by atoms with Crippen LogP contribution in [0.3, 0.4) is 0 Å². The van der Waals surface area contributed by atoms with Crippen molar-refractivity contribution in [2.75, 3.05) is 5.32 Å². The first-order valence-corrected chi connectivity index (χ1v) is 6.36. The van der Waals surface area contributed by atoms with Crippen LogP contribution in [0, 0.1) is 6.92 Å². The van der Waals surface area contributed by atoms with Crippen molar-refractivity contribution in [3.63, 3.8) is 0 Å². The molecule has 0 spiro atoms. The summed E-state index contributed by atoms with van der Waals surface area (Å²) in [5.74, 6) is 0. The normalized spacial score (nSPS) is 13.1. The maximum Gasteiger partial charge on any atom is 0.416 e. The van der Waals surface area contributed by atoms with Crippen molar-refractivity contribution < 1.29 is 13.2 Å². The van der Waals surface area contributed by atoms with E-state index in [4.69, 9.17) is 0 Å². The number of halogens is 3. The summed E-state index contributed by atoms with van der Waals surface area (Å²) in [5, 5.41) is 3.20. The molecule has 0 aliphatic rings. The molecular formula is C16H16F3N. The fourth-order valence-electron chi connectivity index (χ4n) is 1.97. The van der Waals surface area contributed by atoms with Gasteiger partial charge < -0.3 is 5.32 Å². The summed E-state index contributed by atoms with van der Waals surface area (Å²) in [6.45, 7) is 3.83. The highest BCUT2D eigenvalue weighted by molar-refractivity contribution is 5.46. The summed E-state index contributed by atoms with van der Waals surface area (Å²) in [4.78, 5) is 0. The molecule has 4 heteroatoms. The second-order valence-electron chi connectivity index (χ2n) is 4.86. The molecule has 1 atom stereocenters. The van der Waals surface area contributed by atoms with Crippen LogP contribution in [0.4, 0.5) is 18.9 Å². The first-order valence-electron chi connectivity index (χ1n) is 6.36. The van der Waals surface area contributed by atoms with Crippen LogP contribution in [0.25, 0.3) is 0 Å². The lowest BCUT2D eigenvalue weighted by atomic mass is 10.0. The van der Waals surface area contributed by atoms with Gasteiger partial charge in [-0.05, 0) is 43.7 Å². The molecule has 0 aliphatic heterocycles. The van der Waals surface area contributed by atoms with Gasteiger partial charge in [0, 0.05) is 11.7 Å². The minimum Gasteiger partial charge on any atom is -0.379 e. The Morgan fingerprint density at radius 2 is 1.65 bits per heavy atom. The van der Waals surface area contributed by atoms with Crippen LogP contribution in [-0.4, -0.2) is 0 Å². The molecule has 0 fully saturated rings. The number of anilines is 1. The highest BCUT2D eigenvalue weighted by atomic mass is 19.4. The molecule has 0 heterocycles. The minimum absolute atomic E-state index is 0.194. The van der Waals surface area contributed by atoms with Crippen molar-refractivity contribution in [1.29, 1.82) is 0 Å². The zero-order valence-electron chi connectivity index (χ0n) is 11.3. The Kier molecular flexibility index (Phi) is 4.02. The Hall–Kier alpha value is -1.97. The summed E-state index contributed by atoms with van der Waals surface area (Å²) in [6, 6.07) is 13.0. The van der Waals surface area contributed by atoms with Crippen molar-refractivity contribution in [3.05, 3.63) is 65.2 Å². The zero-order chi connectivity index (χ0) is 14.8. The van der Waals surface area contributed by atoms with E-state index in [0.717, 1.165) is 17.3 Å². The second kappa shape index (κ2) is 5.57. The van der Waals surface area contributed by atoms with Crippen molar-refractivity contribution in [2.45, 2.75) is 26.1 Å². The third kappa shape index (κ3) is 3.53. The number of rotatable bonds is 3. The van der Waals surface area contributed by atoms with E-state index in [-0.39, 0.29) is 6.04 Å². The fourth-order valence-corrected chi connectivity index (χ4v) is 1.97. The third-order valence-electron chi connectivity index (χ3n) is 3.15. The minimum atomic E-state index is -4.31. The smallest absolute Gasteiger partial charge is 0.379 e.